The van der Waals surface area contributed by atoms with Crippen LogP contribution >= 0.6 is 0 Å². The van der Waals surface area contributed by atoms with Crippen LogP contribution in [-0.4, -0.2) is 9.97 Å². The number of hydrogen-bond donors (Lipinski definition) is 3. The fourth-order valence-electron chi connectivity index (χ4n) is 2.01. The lowest BCUT2D eigenvalue weighted by Crippen LogP contribution is -2.15. The minimum Gasteiger partial charge on any atom is -0.363 e. The number of nitrogens with one attached hydrogen (secondary N) is 2. The van der Waals surface area contributed by atoms with Crippen LogP contribution in [-0.2, 0) is 0 Å². The smallest absolute Gasteiger partial charge is 0.148 e. The summed E-state index contributed by atoms with van der Waals surface area (Å²) in [6.45, 7) is 4.08. The Morgan fingerprint density at radius 1 is 1.16 bits per heavy atom. The molecule has 0 saturated carbocycles. The van der Waals surface area contributed by atoms with E-state index < -0.39 is 0 Å². The predicted octanol–water partition coefficient (Wildman–Crippen LogP) is 2.63. The molecule has 1 unspecified atom stereocenters. The standard InChI is InChI=1S/C14H19N5/c1-3-12(11-7-5-4-6-8-11)18-13-10(2)14(19-15)17-9-16-13/h4-9,12H,3,15H2,1-2H3,(H2,16,17,18,19). The molecule has 0 aliphatic rings. The highest BCUT2D eigenvalue weighted by atomic mass is 15.3. The van der Waals surface area contributed by atoms with E-state index >= 15 is 0 Å². The predicted molar refractivity (Wildman–Crippen MR) is 77.7 cm³/mol. The number of hydrogen-bond acceptors (Lipinski definition) is 5. The molecule has 0 aliphatic carbocycles. The molecule has 5 nitrogen and oxygen atoms in total. The van der Waals surface area contributed by atoms with Gasteiger partial charge in [0, 0.05) is 5.56 Å². The third kappa shape index (κ3) is 3.00. The van der Waals surface area contributed by atoms with Crippen LogP contribution in [0.25, 0.3) is 0 Å². The lowest BCUT2D eigenvalue weighted by molar-refractivity contribution is 0.742. The minimum absolute atomic E-state index is 0.223. The van der Waals surface area contributed by atoms with Crippen LogP contribution in [0.15, 0.2) is 36.7 Å². The monoisotopic (exact) mass is 257 g/mol. The van der Waals surface area contributed by atoms with Gasteiger partial charge < -0.3 is 10.7 Å². The molecule has 1 atom stereocenters. The van der Waals surface area contributed by atoms with Gasteiger partial charge in [0.25, 0.3) is 0 Å². The Morgan fingerprint density at radius 2 is 1.84 bits per heavy atom. The topological polar surface area (TPSA) is 75.9 Å². The van der Waals surface area contributed by atoms with Crippen molar-refractivity contribution in [2.75, 3.05) is 10.7 Å². The number of nitrogens with zero attached hydrogens (tertiary/aromatic N) is 2. The summed E-state index contributed by atoms with van der Waals surface area (Å²) >= 11 is 0. The first-order chi connectivity index (χ1) is 9.26. The molecule has 0 fully saturated rings. The summed E-state index contributed by atoms with van der Waals surface area (Å²) in [6.07, 6.45) is 2.47. The average Bonchev–Trinajstić information content (AvgIpc) is 2.47. The van der Waals surface area contributed by atoms with Crippen LogP contribution in [0.1, 0.15) is 30.5 Å². The average molecular weight is 257 g/mol. The van der Waals surface area contributed by atoms with E-state index in [-0.39, 0.29) is 6.04 Å². The maximum Gasteiger partial charge on any atom is 0.148 e. The molecule has 0 radical (unpaired) electrons. The van der Waals surface area contributed by atoms with Gasteiger partial charge in [0.15, 0.2) is 0 Å². The van der Waals surface area contributed by atoms with Crippen LogP contribution in [0.5, 0.6) is 0 Å². The van der Waals surface area contributed by atoms with Gasteiger partial charge in [0.2, 0.25) is 0 Å². The molecule has 0 saturated heterocycles. The molecule has 2 rings (SSSR count). The third-order valence-corrected chi connectivity index (χ3v) is 3.14. The van der Waals surface area contributed by atoms with E-state index in [1.165, 1.54) is 11.9 Å². The number of nitrogen functional groups attached to an aromatic ring is 1. The van der Waals surface area contributed by atoms with Crippen molar-refractivity contribution in [3.63, 3.8) is 0 Å². The molecule has 19 heavy (non-hydrogen) atoms. The van der Waals surface area contributed by atoms with E-state index in [4.69, 9.17) is 5.84 Å². The van der Waals surface area contributed by atoms with Crippen molar-refractivity contribution in [2.45, 2.75) is 26.3 Å². The number of nitrogens with two attached hydrogens (primary N) is 1. The van der Waals surface area contributed by atoms with Crippen molar-refractivity contribution in [1.29, 1.82) is 0 Å². The quantitative estimate of drug-likeness (QED) is 0.567. The van der Waals surface area contributed by atoms with Gasteiger partial charge in [0.1, 0.15) is 18.0 Å². The van der Waals surface area contributed by atoms with E-state index in [0.717, 1.165) is 17.8 Å². The first-order valence-corrected chi connectivity index (χ1v) is 6.36. The number of benzene rings is 1. The highest BCUT2D eigenvalue weighted by Crippen LogP contribution is 2.25. The summed E-state index contributed by atoms with van der Waals surface area (Å²) in [5, 5.41) is 3.44. The highest BCUT2D eigenvalue weighted by molar-refractivity contribution is 5.56. The van der Waals surface area contributed by atoms with E-state index in [2.05, 4.69) is 39.8 Å². The van der Waals surface area contributed by atoms with E-state index in [0.29, 0.717) is 5.82 Å². The van der Waals surface area contributed by atoms with Gasteiger partial charge in [-0.2, -0.15) is 0 Å². The Hall–Kier alpha value is -2.14. The lowest BCUT2D eigenvalue weighted by Gasteiger charge is -2.19. The van der Waals surface area contributed by atoms with Crippen molar-refractivity contribution in [2.24, 2.45) is 5.84 Å². The molecule has 1 aromatic heterocycles. The molecular formula is C14H19N5. The van der Waals surface area contributed by atoms with Crippen molar-refractivity contribution in [3.8, 4) is 0 Å². The summed E-state index contributed by atoms with van der Waals surface area (Å²) in [7, 11) is 0. The summed E-state index contributed by atoms with van der Waals surface area (Å²) in [6, 6.07) is 10.5. The Balaban J connectivity index is 2.24. The van der Waals surface area contributed by atoms with Crippen molar-refractivity contribution in [1.82, 2.24) is 9.97 Å². The number of hydrazine groups is 1. The van der Waals surface area contributed by atoms with Gasteiger partial charge in [-0.1, -0.05) is 37.3 Å². The summed E-state index contributed by atoms with van der Waals surface area (Å²) < 4.78 is 0. The molecule has 0 amide bonds. The van der Waals surface area contributed by atoms with E-state index in [1.54, 1.807) is 0 Å². The zero-order valence-corrected chi connectivity index (χ0v) is 11.2. The van der Waals surface area contributed by atoms with Gasteiger partial charge in [-0.15, -0.1) is 0 Å². The SMILES string of the molecule is CCC(Nc1ncnc(NN)c1C)c1ccccc1. The van der Waals surface area contributed by atoms with Gasteiger partial charge in [0.05, 0.1) is 6.04 Å². The molecule has 0 spiro atoms. The Morgan fingerprint density at radius 3 is 2.47 bits per heavy atom. The van der Waals surface area contributed by atoms with Gasteiger partial charge in [-0.25, -0.2) is 15.8 Å². The Bertz CT molecular complexity index is 527. The van der Waals surface area contributed by atoms with Gasteiger partial charge in [-0.3, -0.25) is 0 Å². The molecule has 1 heterocycles. The second-order valence-corrected chi connectivity index (χ2v) is 4.36. The largest absolute Gasteiger partial charge is 0.363 e. The summed E-state index contributed by atoms with van der Waals surface area (Å²) in [5.74, 6) is 6.87. The molecule has 1 aromatic carbocycles. The molecule has 5 heteroatoms. The summed E-state index contributed by atoms with van der Waals surface area (Å²) in [5.41, 5.74) is 4.73. The first-order valence-electron chi connectivity index (χ1n) is 6.36. The van der Waals surface area contributed by atoms with Crippen molar-refractivity contribution < 1.29 is 0 Å². The van der Waals surface area contributed by atoms with Crippen LogP contribution in [0, 0.1) is 6.92 Å². The number of anilines is 2. The van der Waals surface area contributed by atoms with Crippen molar-refractivity contribution in [3.05, 3.63) is 47.8 Å². The lowest BCUT2D eigenvalue weighted by atomic mass is 10.0. The van der Waals surface area contributed by atoms with Crippen molar-refractivity contribution >= 4 is 11.6 Å². The highest BCUT2D eigenvalue weighted by Gasteiger charge is 2.12. The van der Waals surface area contributed by atoms with Crippen LogP contribution in [0.2, 0.25) is 0 Å². The second-order valence-electron chi connectivity index (χ2n) is 4.36. The fourth-order valence-corrected chi connectivity index (χ4v) is 2.01. The molecule has 100 valence electrons. The zero-order chi connectivity index (χ0) is 13.7. The normalized spacial score (nSPS) is 11.9. The van der Waals surface area contributed by atoms with Crippen LogP contribution < -0.4 is 16.6 Å². The second kappa shape index (κ2) is 6.15. The molecule has 2 aromatic rings. The summed E-state index contributed by atoms with van der Waals surface area (Å²) in [4.78, 5) is 8.36. The Labute approximate surface area is 113 Å². The van der Waals surface area contributed by atoms with Gasteiger partial charge >= 0.3 is 0 Å². The number of aromatic nitrogens is 2. The first kappa shape index (κ1) is 13.3. The molecule has 0 bridgehead atoms. The van der Waals surface area contributed by atoms with E-state index in [9.17, 15) is 0 Å². The Kier molecular flexibility index (Phi) is 4.30. The third-order valence-electron chi connectivity index (χ3n) is 3.14. The van der Waals surface area contributed by atoms with Gasteiger partial charge in [-0.05, 0) is 18.9 Å². The van der Waals surface area contributed by atoms with E-state index in [1.807, 2.05) is 25.1 Å². The minimum atomic E-state index is 0.223. The molecule has 4 N–H and O–H groups in total. The maximum absolute atomic E-state index is 5.43. The molecule has 0 aliphatic heterocycles. The fraction of sp³-hybridized carbons (Fsp3) is 0.286. The van der Waals surface area contributed by atoms with Crippen LogP contribution in [0.4, 0.5) is 11.6 Å². The zero-order valence-electron chi connectivity index (χ0n) is 11.2. The molecular weight excluding hydrogens is 238 g/mol. The van der Waals surface area contributed by atoms with Crippen LogP contribution in [0.3, 0.4) is 0 Å². The number of rotatable bonds is 5. The maximum atomic E-state index is 5.43.